The predicted octanol–water partition coefficient (Wildman–Crippen LogP) is 3.92. The molecule has 0 radical (unpaired) electrons. The third-order valence-electron chi connectivity index (χ3n) is 4.74. The molecule has 0 aliphatic carbocycles. The fraction of sp³-hybridized carbons (Fsp3) is 0.444. The van der Waals surface area contributed by atoms with E-state index in [4.69, 9.17) is 4.74 Å². The lowest BCUT2D eigenvalue weighted by Crippen LogP contribution is -2.41. The average molecular weight is 269 g/mol. The smallest absolute Gasteiger partial charge is 0.122 e. The Hall–Kier alpha value is -1.54. The largest absolute Gasteiger partial charge is 0.496 e. The van der Waals surface area contributed by atoms with Crippen LogP contribution in [0.15, 0.2) is 36.4 Å². The zero-order valence-electron chi connectivity index (χ0n) is 12.4. The van der Waals surface area contributed by atoms with E-state index in [1.165, 1.54) is 35.6 Å². The first-order chi connectivity index (χ1) is 9.78. The Morgan fingerprint density at radius 3 is 2.75 bits per heavy atom. The lowest BCUT2D eigenvalue weighted by atomic mass is 9.85. The van der Waals surface area contributed by atoms with E-state index in [1.54, 1.807) is 7.11 Å². The zero-order valence-corrected chi connectivity index (χ0v) is 12.4. The summed E-state index contributed by atoms with van der Waals surface area (Å²) in [6.45, 7) is 3.43. The van der Waals surface area contributed by atoms with Crippen molar-refractivity contribution in [3.05, 3.63) is 42.0 Å². The first-order valence-electron chi connectivity index (χ1n) is 7.58. The molecule has 0 amide bonds. The van der Waals surface area contributed by atoms with Gasteiger partial charge in [0.25, 0.3) is 0 Å². The molecule has 1 atom stereocenters. The van der Waals surface area contributed by atoms with E-state index in [1.807, 2.05) is 0 Å². The Labute approximate surface area is 121 Å². The number of hydrogen-bond donors (Lipinski definition) is 1. The number of fused-ring (bicyclic) bond motifs is 1. The summed E-state index contributed by atoms with van der Waals surface area (Å²) < 4.78 is 5.63. The number of hydrogen-bond acceptors (Lipinski definition) is 2. The van der Waals surface area contributed by atoms with Crippen molar-refractivity contribution in [2.45, 2.75) is 38.1 Å². The van der Waals surface area contributed by atoms with Gasteiger partial charge in [-0.2, -0.15) is 0 Å². The van der Waals surface area contributed by atoms with Crippen molar-refractivity contribution < 1.29 is 4.74 Å². The van der Waals surface area contributed by atoms with Gasteiger partial charge in [-0.05, 0) is 49.1 Å². The Morgan fingerprint density at radius 2 is 2.05 bits per heavy atom. The van der Waals surface area contributed by atoms with E-state index in [0.29, 0.717) is 0 Å². The van der Waals surface area contributed by atoms with Gasteiger partial charge in [0.1, 0.15) is 5.75 Å². The second-order valence-electron chi connectivity index (χ2n) is 5.81. The van der Waals surface area contributed by atoms with Gasteiger partial charge in [0.15, 0.2) is 0 Å². The first kappa shape index (κ1) is 13.4. The van der Waals surface area contributed by atoms with Crippen LogP contribution in [0.5, 0.6) is 5.75 Å². The highest BCUT2D eigenvalue weighted by Gasteiger charge is 2.32. The van der Waals surface area contributed by atoms with Crippen LogP contribution in [0.2, 0.25) is 0 Å². The predicted molar refractivity (Wildman–Crippen MR) is 84.5 cm³/mol. The van der Waals surface area contributed by atoms with Crippen molar-refractivity contribution in [3.63, 3.8) is 0 Å². The summed E-state index contributed by atoms with van der Waals surface area (Å²) in [6.07, 6.45) is 4.75. The van der Waals surface area contributed by atoms with Crippen LogP contribution in [0.1, 0.15) is 31.7 Å². The summed E-state index contributed by atoms with van der Waals surface area (Å²) in [5, 5.41) is 6.35. The minimum Gasteiger partial charge on any atom is -0.496 e. The normalized spacial score (nSPS) is 22.3. The molecule has 1 aliphatic heterocycles. The number of benzene rings is 2. The van der Waals surface area contributed by atoms with Crippen molar-refractivity contribution in [2.75, 3.05) is 13.7 Å². The molecule has 1 fully saturated rings. The second kappa shape index (κ2) is 5.45. The highest BCUT2D eigenvalue weighted by Crippen LogP contribution is 2.35. The van der Waals surface area contributed by atoms with Crippen molar-refractivity contribution in [1.82, 2.24) is 5.32 Å². The summed E-state index contributed by atoms with van der Waals surface area (Å²) in [5.41, 5.74) is 1.60. The number of rotatable bonds is 4. The topological polar surface area (TPSA) is 21.3 Å². The van der Waals surface area contributed by atoms with Gasteiger partial charge in [0.05, 0.1) is 7.11 Å². The summed E-state index contributed by atoms with van der Waals surface area (Å²) in [7, 11) is 1.77. The van der Waals surface area contributed by atoms with Crippen molar-refractivity contribution in [2.24, 2.45) is 0 Å². The molecular weight excluding hydrogens is 246 g/mol. The van der Waals surface area contributed by atoms with Gasteiger partial charge >= 0.3 is 0 Å². The molecule has 0 aromatic heterocycles. The van der Waals surface area contributed by atoms with Crippen molar-refractivity contribution in [1.29, 1.82) is 0 Å². The van der Waals surface area contributed by atoms with Crippen LogP contribution in [-0.4, -0.2) is 19.2 Å². The van der Waals surface area contributed by atoms with E-state index < -0.39 is 0 Å². The molecule has 0 spiro atoms. The fourth-order valence-corrected chi connectivity index (χ4v) is 3.47. The van der Waals surface area contributed by atoms with E-state index in [0.717, 1.165) is 18.7 Å². The third kappa shape index (κ3) is 2.29. The number of methoxy groups -OCH3 is 1. The van der Waals surface area contributed by atoms with E-state index in [2.05, 4.69) is 48.6 Å². The molecule has 2 aromatic rings. The third-order valence-corrected chi connectivity index (χ3v) is 4.74. The molecule has 0 bridgehead atoms. The van der Waals surface area contributed by atoms with Crippen LogP contribution >= 0.6 is 0 Å². The van der Waals surface area contributed by atoms with Crippen LogP contribution in [0, 0.1) is 0 Å². The maximum absolute atomic E-state index is 5.63. The van der Waals surface area contributed by atoms with Gasteiger partial charge in [0.2, 0.25) is 0 Å². The maximum Gasteiger partial charge on any atom is 0.122 e. The van der Waals surface area contributed by atoms with E-state index in [-0.39, 0.29) is 5.54 Å². The SMILES string of the molecule is CCC1(Cc2c(OC)ccc3ccccc23)CCCN1. The van der Waals surface area contributed by atoms with Gasteiger partial charge in [-0.25, -0.2) is 0 Å². The summed E-state index contributed by atoms with van der Waals surface area (Å²) in [4.78, 5) is 0. The maximum atomic E-state index is 5.63. The lowest BCUT2D eigenvalue weighted by molar-refractivity contribution is 0.349. The fourth-order valence-electron chi connectivity index (χ4n) is 3.47. The van der Waals surface area contributed by atoms with Gasteiger partial charge in [0, 0.05) is 11.1 Å². The van der Waals surface area contributed by atoms with E-state index in [9.17, 15) is 0 Å². The zero-order chi connectivity index (χ0) is 14.0. The van der Waals surface area contributed by atoms with Crippen LogP contribution in [0.3, 0.4) is 0 Å². The highest BCUT2D eigenvalue weighted by molar-refractivity contribution is 5.87. The Balaban J connectivity index is 2.08. The molecule has 2 heteroatoms. The average Bonchev–Trinajstić information content (AvgIpc) is 2.97. The molecule has 1 unspecified atom stereocenters. The minimum atomic E-state index is 0.247. The molecule has 1 saturated heterocycles. The summed E-state index contributed by atoms with van der Waals surface area (Å²) in [6, 6.07) is 12.9. The molecule has 20 heavy (non-hydrogen) atoms. The highest BCUT2D eigenvalue weighted by atomic mass is 16.5. The second-order valence-corrected chi connectivity index (χ2v) is 5.81. The summed E-state index contributed by atoms with van der Waals surface area (Å²) in [5.74, 6) is 1.02. The quantitative estimate of drug-likeness (QED) is 0.908. The molecule has 1 N–H and O–H groups in total. The van der Waals surface area contributed by atoms with Gasteiger partial charge in [-0.3, -0.25) is 0 Å². The van der Waals surface area contributed by atoms with Crippen molar-refractivity contribution in [3.8, 4) is 5.75 Å². The van der Waals surface area contributed by atoms with Crippen LogP contribution in [0.4, 0.5) is 0 Å². The van der Waals surface area contributed by atoms with E-state index >= 15 is 0 Å². The molecule has 3 rings (SSSR count). The van der Waals surface area contributed by atoms with Gasteiger partial charge in [-0.15, -0.1) is 0 Å². The molecule has 1 aliphatic rings. The number of ether oxygens (including phenoxy) is 1. The standard InChI is InChI=1S/C18H23NO/c1-3-18(11-6-12-19-18)13-16-15-8-5-4-7-14(15)9-10-17(16)20-2/h4-5,7-10,19H,3,6,11-13H2,1-2H3. The van der Waals surface area contributed by atoms with Crippen LogP contribution in [-0.2, 0) is 6.42 Å². The molecule has 106 valence electrons. The molecule has 1 heterocycles. The number of nitrogens with one attached hydrogen (secondary N) is 1. The monoisotopic (exact) mass is 269 g/mol. The van der Waals surface area contributed by atoms with Gasteiger partial charge in [-0.1, -0.05) is 37.3 Å². The Bertz CT molecular complexity index is 599. The van der Waals surface area contributed by atoms with Gasteiger partial charge < -0.3 is 10.1 Å². The van der Waals surface area contributed by atoms with Crippen LogP contribution < -0.4 is 10.1 Å². The Kier molecular flexibility index (Phi) is 3.66. The summed E-state index contributed by atoms with van der Waals surface area (Å²) >= 11 is 0. The lowest BCUT2D eigenvalue weighted by Gasteiger charge is -2.29. The molecule has 2 aromatic carbocycles. The first-order valence-corrected chi connectivity index (χ1v) is 7.58. The molecule has 0 saturated carbocycles. The van der Waals surface area contributed by atoms with Crippen molar-refractivity contribution >= 4 is 10.8 Å². The minimum absolute atomic E-state index is 0.247. The Morgan fingerprint density at radius 1 is 1.20 bits per heavy atom. The van der Waals surface area contributed by atoms with Crippen LogP contribution in [0.25, 0.3) is 10.8 Å². The molecular formula is C18H23NO. The molecule has 2 nitrogen and oxygen atoms in total.